The highest BCUT2D eigenvalue weighted by atomic mass is 16.1. The number of carbonyl (C=O) groups excluding carboxylic acids is 1. The summed E-state index contributed by atoms with van der Waals surface area (Å²) >= 11 is 0. The van der Waals surface area contributed by atoms with E-state index in [1.807, 2.05) is 19.1 Å². The van der Waals surface area contributed by atoms with Crippen LogP contribution in [0, 0.1) is 0 Å². The van der Waals surface area contributed by atoms with E-state index >= 15 is 0 Å². The van der Waals surface area contributed by atoms with Gasteiger partial charge in [-0.25, -0.2) is 9.97 Å². The normalized spacial score (nSPS) is 17.4. The Balaban J connectivity index is 1.26. The second-order valence-electron chi connectivity index (χ2n) is 10.7. The molecule has 0 bridgehead atoms. The van der Waals surface area contributed by atoms with Gasteiger partial charge in [0.2, 0.25) is 5.66 Å². The number of anilines is 1. The first-order valence-electron chi connectivity index (χ1n) is 13.5. The molecule has 0 saturated carbocycles. The van der Waals surface area contributed by atoms with E-state index in [1.165, 1.54) is 32.4 Å². The molecule has 2 aromatic carbocycles. The molecule has 7 nitrogen and oxygen atoms in total. The van der Waals surface area contributed by atoms with Gasteiger partial charge in [0.25, 0.3) is 0 Å². The number of ketones is 1. The van der Waals surface area contributed by atoms with Crippen LogP contribution in [0.3, 0.4) is 0 Å². The second kappa shape index (κ2) is 9.78. The topological polar surface area (TPSA) is 82.8 Å². The predicted molar refractivity (Wildman–Crippen MR) is 145 cm³/mol. The number of fused-ring (bicyclic) bond motifs is 3. The van der Waals surface area contributed by atoms with Crippen molar-refractivity contribution in [2.45, 2.75) is 58.0 Å². The van der Waals surface area contributed by atoms with Crippen molar-refractivity contribution in [3.8, 4) is 11.1 Å². The number of piperidine rings is 1. The molecule has 3 aromatic rings. The molecule has 7 heteroatoms. The Morgan fingerprint density at radius 2 is 1.89 bits per heavy atom. The Hall–Kier alpha value is -3.45. The third-order valence-electron chi connectivity index (χ3n) is 7.80. The summed E-state index contributed by atoms with van der Waals surface area (Å²) in [5.41, 5.74) is 7.02. The first kappa shape index (κ1) is 23.9. The van der Waals surface area contributed by atoms with E-state index < -0.39 is 5.66 Å². The molecule has 1 fully saturated rings. The molecule has 1 aliphatic carbocycles. The molecule has 2 aliphatic heterocycles. The Bertz CT molecular complexity index is 1370. The van der Waals surface area contributed by atoms with Crippen molar-refractivity contribution >= 4 is 11.6 Å². The fourth-order valence-electron chi connectivity index (χ4n) is 5.60. The zero-order valence-corrected chi connectivity index (χ0v) is 21.8. The smallest absolute Gasteiger partial charge is 0.213 e. The SMILES string of the molecule is CC(=O)c1ccc2c(c1)Cc1nc(Cc3cccc(C4(C)N=N4)c3)nc(NCCCN3CCCCC3)c1-2. The third kappa shape index (κ3) is 5.05. The predicted octanol–water partition coefficient (Wildman–Crippen LogP) is 5.77. The minimum atomic E-state index is -0.397. The largest absolute Gasteiger partial charge is 0.369 e. The highest BCUT2D eigenvalue weighted by Crippen LogP contribution is 2.41. The van der Waals surface area contributed by atoms with Crippen LogP contribution in [0.15, 0.2) is 52.7 Å². The summed E-state index contributed by atoms with van der Waals surface area (Å²) in [6.45, 7) is 8.07. The van der Waals surface area contributed by atoms with Crippen LogP contribution in [0.1, 0.15) is 78.1 Å². The molecule has 0 unspecified atom stereocenters. The van der Waals surface area contributed by atoms with Gasteiger partial charge in [-0.1, -0.05) is 42.8 Å². The summed E-state index contributed by atoms with van der Waals surface area (Å²) in [5.74, 6) is 1.80. The highest BCUT2D eigenvalue weighted by Gasteiger charge is 2.36. The van der Waals surface area contributed by atoms with E-state index in [0.717, 1.165) is 76.6 Å². The van der Waals surface area contributed by atoms with Gasteiger partial charge in [-0.3, -0.25) is 4.79 Å². The van der Waals surface area contributed by atoms with Gasteiger partial charge in [0.1, 0.15) is 11.6 Å². The molecule has 37 heavy (non-hydrogen) atoms. The summed E-state index contributed by atoms with van der Waals surface area (Å²) in [7, 11) is 0. The van der Waals surface area contributed by atoms with Crippen LogP contribution in [0.4, 0.5) is 5.82 Å². The molecule has 190 valence electrons. The lowest BCUT2D eigenvalue weighted by molar-refractivity contribution is 0.101. The fraction of sp³-hybridized carbons (Fsp3) is 0.433. The van der Waals surface area contributed by atoms with E-state index in [0.29, 0.717) is 6.42 Å². The number of Topliss-reactive ketones (excluding diaryl/α,β-unsaturated/α-hetero) is 1. The maximum absolute atomic E-state index is 12.0. The lowest BCUT2D eigenvalue weighted by Gasteiger charge is -2.26. The van der Waals surface area contributed by atoms with E-state index in [4.69, 9.17) is 9.97 Å². The van der Waals surface area contributed by atoms with Crippen molar-refractivity contribution in [3.05, 3.63) is 76.2 Å². The number of hydrogen-bond donors (Lipinski definition) is 1. The summed E-state index contributed by atoms with van der Waals surface area (Å²) in [5, 5.41) is 12.0. The average Bonchev–Trinajstić information content (AvgIpc) is 3.55. The fourth-order valence-corrected chi connectivity index (χ4v) is 5.60. The minimum absolute atomic E-state index is 0.0873. The van der Waals surface area contributed by atoms with Crippen LogP contribution in [0.5, 0.6) is 0 Å². The van der Waals surface area contributed by atoms with Gasteiger partial charge < -0.3 is 10.2 Å². The van der Waals surface area contributed by atoms with Crippen molar-refractivity contribution in [3.63, 3.8) is 0 Å². The van der Waals surface area contributed by atoms with Crippen LogP contribution >= 0.6 is 0 Å². The second-order valence-corrected chi connectivity index (χ2v) is 10.7. The van der Waals surface area contributed by atoms with E-state index in [1.54, 1.807) is 6.92 Å². The van der Waals surface area contributed by atoms with Crippen LogP contribution in [-0.2, 0) is 18.5 Å². The number of benzene rings is 2. The Morgan fingerprint density at radius 3 is 2.68 bits per heavy atom. The monoisotopic (exact) mass is 494 g/mol. The van der Waals surface area contributed by atoms with Crippen LogP contribution < -0.4 is 5.32 Å². The Kier molecular flexibility index (Phi) is 6.32. The zero-order valence-electron chi connectivity index (χ0n) is 21.8. The summed E-state index contributed by atoms with van der Waals surface area (Å²) < 4.78 is 0. The van der Waals surface area contributed by atoms with Gasteiger partial charge in [0.05, 0.1) is 5.69 Å². The minimum Gasteiger partial charge on any atom is -0.369 e. The quantitative estimate of drug-likeness (QED) is 0.236. The van der Waals surface area contributed by atoms with Gasteiger partial charge >= 0.3 is 0 Å². The first-order valence-corrected chi connectivity index (χ1v) is 13.5. The lowest BCUT2D eigenvalue weighted by atomic mass is 10.0. The van der Waals surface area contributed by atoms with E-state index in [2.05, 4.69) is 50.8 Å². The van der Waals surface area contributed by atoms with Gasteiger partial charge in [-0.15, -0.1) is 0 Å². The number of carbonyl (C=O) groups is 1. The number of nitrogens with zero attached hydrogens (tertiary/aromatic N) is 5. The maximum Gasteiger partial charge on any atom is 0.213 e. The molecule has 0 atom stereocenters. The van der Waals surface area contributed by atoms with Crippen molar-refractivity contribution in [1.29, 1.82) is 0 Å². The van der Waals surface area contributed by atoms with Crippen molar-refractivity contribution < 1.29 is 4.79 Å². The molecule has 0 amide bonds. The molecule has 1 N–H and O–H groups in total. The number of likely N-dealkylation sites (tertiary alicyclic amines) is 1. The number of nitrogens with one attached hydrogen (secondary N) is 1. The van der Waals surface area contributed by atoms with Gasteiger partial charge in [0.15, 0.2) is 5.78 Å². The first-order chi connectivity index (χ1) is 18.0. The van der Waals surface area contributed by atoms with Gasteiger partial charge in [0, 0.05) is 36.1 Å². The van der Waals surface area contributed by atoms with E-state index in [9.17, 15) is 4.79 Å². The van der Waals surface area contributed by atoms with Gasteiger partial charge in [-0.05, 0) is 75.5 Å². The molecule has 0 radical (unpaired) electrons. The summed E-state index contributed by atoms with van der Waals surface area (Å²) in [4.78, 5) is 24.6. The number of aromatic nitrogens is 2. The summed E-state index contributed by atoms with van der Waals surface area (Å²) in [6, 6.07) is 14.4. The summed E-state index contributed by atoms with van der Waals surface area (Å²) in [6.07, 6.45) is 6.45. The van der Waals surface area contributed by atoms with Crippen molar-refractivity contribution in [1.82, 2.24) is 14.9 Å². The van der Waals surface area contributed by atoms with Crippen molar-refractivity contribution in [2.24, 2.45) is 10.2 Å². The van der Waals surface area contributed by atoms with Gasteiger partial charge in [-0.2, -0.15) is 10.2 Å². The molecule has 6 rings (SSSR count). The standard InChI is InChI=1S/C30H34N6O/c1-20(37)22-10-11-25-23(18-22)19-26-28(25)29(31-12-7-15-36-13-4-3-5-14-36)33-27(32-26)17-21-8-6-9-24(16-21)30(2)34-35-30/h6,8-11,16,18H,3-5,7,12-15,17,19H2,1-2H3,(H,31,32,33). The number of hydrogen-bond acceptors (Lipinski definition) is 7. The van der Waals surface area contributed by atoms with E-state index in [-0.39, 0.29) is 5.78 Å². The van der Waals surface area contributed by atoms with Crippen LogP contribution in [0.25, 0.3) is 11.1 Å². The molecule has 1 saturated heterocycles. The Labute approximate surface area is 218 Å². The number of rotatable bonds is 9. The molecule has 0 spiro atoms. The highest BCUT2D eigenvalue weighted by molar-refractivity contribution is 5.96. The zero-order chi connectivity index (χ0) is 25.4. The van der Waals surface area contributed by atoms with Crippen LogP contribution in [-0.4, -0.2) is 46.8 Å². The molecular weight excluding hydrogens is 460 g/mol. The molecule has 1 aromatic heterocycles. The molecule has 3 aliphatic rings. The Morgan fingerprint density at radius 1 is 1.05 bits per heavy atom. The molecule has 3 heterocycles. The third-order valence-corrected chi connectivity index (χ3v) is 7.80. The van der Waals surface area contributed by atoms with Crippen LogP contribution in [0.2, 0.25) is 0 Å². The maximum atomic E-state index is 12.0. The van der Waals surface area contributed by atoms with Crippen molar-refractivity contribution in [2.75, 3.05) is 31.5 Å². The molecular formula is C30H34N6O. The lowest BCUT2D eigenvalue weighted by Crippen LogP contribution is -2.31. The average molecular weight is 495 g/mol.